The van der Waals surface area contributed by atoms with Crippen molar-refractivity contribution >= 4 is 22.0 Å². The van der Waals surface area contributed by atoms with E-state index in [1.165, 1.54) is 0 Å². The lowest BCUT2D eigenvalue weighted by Crippen LogP contribution is -2.37. The zero-order valence-electron chi connectivity index (χ0n) is 11.3. The third kappa shape index (κ3) is 2.09. The topological polar surface area (TPSA) is 54.3 Å². The number of ether oxygens (including phenoxy) is 1. The smallest absolute Gasteiger partial charge is 0.196 e. The van der Waals surface area contributed by atoms with Crippen molar-refractivity contribution < 1.29 is 9.15 Å². The predicted octanol–water partition coefficient (Wildman–Crippen LogP) is 2.18. The second kappa shape index (κ2) is 4.92. The number of benzene rings is 1. The zero-order chi connectivity index (χ0) is 13.4. The second-order valence-corrected chi connectivity index (χ2v) is 5.16. The molecule has 3 heterocycles. The lowest BCUT2D eigenvalue weighted by Gasteiger charge is -2.25. The number of hydrogen-bond acceptors (Lipinski definition) is 4. The molecule has 0 bridgehead atoms. The molecule has 5 heteroatoms. The van der Waals surface area contributed by atoms with Crippen LogP contribution in [0, 0.1) is 0 Å². The van der Waals surface area contributed by atoms with Crippen molar-refractivity contribution in [1.82, 2.24) is 14.9 Å². The molecule has 0 atom stereocenters. The number of nitrogens with zero attached hydrogens (tertiary/aromatic N) is 2. The first-order valence-electron chi connectivity index (χ1n) is 7.06. The molecule has 0 saturated carbocycles. The van der Waals surface area contributed by atoms with E-state index in [4.69, 9.17) is 9.15 Å². The summed E-state index contributed by atoms with van der Waals surface area (Å²) in [7, 11) is 0. The first kappa shape index (κ1) is 11.9. The fourth-order valence-electron chi connectivity index (χ4n) is 2.75. The van der Waals surface area contributed by atoms with Crippen molar-refractivity contribution in [2.45, 2.75) is 6.42 Å². The van der Waals surface area contributed by atoms with Gasteiger partial charge in [-0.15, -0.1) is 0 Å². The number of fused-ring (bicyclic) bond motifs is 3. The van der Waals surface area contributed by atoms with E-state index in [1.54, 1.807) is 0 Å². The van der Waals surface area contributed by atoms with E-state index >= 15 is 0 Å². The van der Waals surface area contributed by atoms with Gasteiger partial charge in [0, 0.05) is 43.2 Å². The van der Waals surface area contributed by atoms with Crippen LogP contribution < -0.4 is 0 Å². The maximum absolute atomic E-state index is 5.85. The van der Waals surface area contributed by atoms with Crippen LogP contribution in [-0.4, -0.2) is 47.7 Å². The summed E-state index contributed by atoms with van der Waals surface area (Å²) in [5.41, 5.74) is 2.93. The first-order chi connectivity index (χ1) is 9.90. The fraction of sp³-hybridized carbons (Fsp3) is 0.400. The molecule has 0 radical (unpaired) electrons. The van der Waals surface area contributed by atoms with Crippen LogP contribution >= 0.6 is 0 Å². The van der Waals surface area contributed by atoms with E-state index in [9.17, 15) is 0 Å². The van der Waals surface area contributed by atoms with Crippen molar-refractivity contribution in [2.75, 3.05) is 32.8 Å². The highest BCUT2D eigenvalue weighted by Crippen LogP contribution is 2.25. The average Bonchev–Trinajstić information content (AvgIpc) is 3.11. The molecule has 5 nitrogen and oxygen atoms in total. The van der Waals surface area contributed by atoms with Gasteiger partial charge in [-0.25, -0.2) is 4.98 Å². The Hall–Kier alpha value is -1.85. The highest BCUT2D eigenvalue weighted by Gasteiger charge is 2.13. The van der Waals surface area contributed by atoms with Crippen molar-refractivity contribution in [3.8, 4) is 0 Å². The number of H-pyrrole nitrogens is 1. The Kier molecular flexibility index (Phi) is 2.94. The SMILES string of the molecule is c1cc2c(ccc3oc(CCN4CCOCC4)nc32)[nH]1. The van der Waals surface area contributed by atoms with Gasteiger partial charge in [0.1, 0.15) is 5.52 Å². The van der Waals surface area contributed by atoms with Crippen molar-refractivity contribution in [2.24, 2.45) is 0 Å². The van der Waals surface area contributed by atoms with Crippen LogP contribution in [0.2, 0.25) is 0 Å². The van der Waals surface area contributed by atoms with Crippen LogP contribution in [0.25, 0.3) is 22.0 Å². The summed E-state index contributed by atoms with van der Waals surface area (Å²) in [4.78, 5) is 10.2. The molecule has 104 valence electrons. The van der Waals surface area contributed by atoms with Gasteiger partial charge in [-0.1, -0.05) is 0 Å². The average molecular weight is 271 g/mol. The van der Waals surface area contributed by atoms with E-state index in [2.05, 4.69) is 14.9 Å². The van der Waals surface area contributed by atoms with Gasteiger partial charge < -0.3 is 14.1 Å². The lowest BCUT2D eigenvalue weighted by molar-refractivity contribution is 0.0378. The molecule has 1 fully saturated rings. The van der Waals surface area contributed by atoms with E-state index in [-0.39, 0.29) is 0 Å². The van der Waals surface area contributed by atoms with Crippen LogP contribution in [0.15, 0.2) is 28.8 Å². The van der Waals surface area contributed by atoms with Crippen LogP contribution in [0.1, 0.15) is 5.89 Å². The van der Waals surface area contributed by atoms with Gasteiger partial charge in [0.25, 0.3) is 0 Å². The largest absolute Gasteiger partial charge is 0.441 e. The molecule has 1 aliphatic heterocycles. The monoisotopic (exact) mass is 271 g/mol. The summed E-state index contributed by atoms with van der Waals surface area (Å²) in [6.07, 6.45) is 2.78. The maximum atomic E-state index is 5.85. The van der Waals surface area contributed by atoms with Crippen LogP contribution in [0.5, 0.6) is 0 Å². The number of aromatic amines is 1. The van der Waals surface area contributed by atoms with Gasteiger partial charge in [-0.2, -0.15) is 0 Å². The molecule has 1 aliphatic rings. The third-order valence-corrected chi connectivity index (χ3v) is 3.88. The minimum Gasteiger partial charge on any atom is -0.441 e. The molecule has 1 aromatic carbocycles. The van der Waals surface area contributed by atoms with E-state index in [0.717, 1.165) is 67.2 Å². The highest BCUT2D eigenvalue weighted by molar-refractivity contribution is 6.02. The number of aromatic nitrogens is 2. The Bertz CT molecular complexity index is 725. The molecule has 4 rings (SSSR count). The summed E-state index contributed by atoms with van der Waals surface area (Å²) in [6, 6.07) is 6.07. The first-order valence-corrected chi connectivity index (χ1v) is 7.06. The number of oxazole rings is 1. The molecule has 1 saturated heterocycles. The Morgan fingerprint density at radius 1 is 1.20 bits per heavy atom. The van der Waals surface area contributed by atoms with Crippen LogP contribution in [0.4, 0.5) is 0 Å². The van der Waals surface area contributed by atoms with Gasteiger partial charge in [-0.05, 0) is 18.2 Å². The Labute approximate surface area is 116 Å². The fourth-order valence-corrected chi connectivity index (χ4v) is 2.75. The van der Waals surface area contributed by atoms with Gasteiger partial charge in [0.2, 0.25) is 0 Å². The summed E-state index contributed by atoms with van der Waals surface area (Å²) in [5.74, 6) is 0.820. The predicted molar refractivity (Wildman–Crippen MR) is 76.8 cm³/mol. The zero-order valence-corrected chi connectivity index (χ0v) is 11.3. The molecular formula is C15H17N3O2. The summed E-state index contributed by atoms with van der Waals surface area (Å²) >= 11 is 0. The molecule has 20 heavy (non-hydrogen) atoms. The Morgan fingerprint density at radius 3 is 3.00 bits per heavy atom. The molecule has 2 aromatic heterocycles. The standard InChI is InChI=1S/C15H17N3O2/c1-2-13-15(11-3-5-16-12(1)11)17-14(20-13)4-6-18-7-9-19-10-8-18/h1-3,5,16H,4,6-10H2. The summed E-state index contributed by atoms with van der Waals surface area (Å²) < 4.78 is 11.2. The van der Waals surface area contributed by atoms with Crippen molar-refractivity contribution in [3.05, 3.63) is 30.3 Å². The third-order valence-electron chi connectivity index (χ3n) is 3.88. The number of rotatable bonds is 3. The van der Waals surface area contributed by atoms with Crippen LogP contribution in [0.3, 0.4) is 0 Å². The minimum atomic E-state index is 0.820. The van der Waals surface area contributed by atoms with Crippen molar-refractivity contribution in [1.29, 1.82) is 0 Å². The van der Waals surface area contributed by atoms with Crippen LogP contribution in [-0.2, 0) is 11.2 Å². The van der Waals surface area contributed by atoms with Gasteiger partial charge in [0.15, 0.2) is 11.5 Å². The van der Waals surface area contributed by atoms with Gasteiger partial charge in [0.05, 0.1) is 13.2 Å². The van der Waals surface area contributed by atoms with Gasteiger partial charge >= 0.3 is 0 Å². The molecule has 0 amide bonds. The number of morpholine rings is 1. The molecule has 0 unspecified atom stereocenters. The van der Waals surface area contributed by atoms with E-state index < -0.39 is 0 Å². The maximum Gasteiger partial charge on any atom is 0.196 e. The molecular weight excluding hydrogens is 254 g/mol. The van der Waals surface area contributed by atoms with E-state index in [1.807, 2.05) is 24.4 Å². The molecule has 3 aromatic rings. The molecule has 1 N–H and O–H groups in total. The lowest BCUT2D eigenvalue weighted by atomic mass is 10.2. The number of hydrogen-bond donors (Lipinski definition) is 1. The summed E-state index contributed by atoms with van der Waals surface area (Å²) in [5, 5.41) is 1.13. The Morgan fingerprint density at radius 2 is 2.10 bits per heavy atom. The second-order valence-electron chi connectivity index (χ2n) is 5.16. The number of nitrogens with one attached hydrogen (secondary N) is 1. The minimum absolute atomic E-state index is 0.820. The Balaban J connectivity index is 1.57. The molecule has 0 aliphatic carbocycles. The van der Waals surface area contributed by atoms with Gasteiger partial charge in [-0.3, -0.25) is 4.90 Å². The normalized spacial score (nSPS) is 17.2. The highest BCUT2D eigenvalue weighted by atomic mass is 16.5. The summed E-state index contributed by atoms with van der Waals surface area (Å²) in [6.45, 7) is 4.64. The molecule has 0 spiro atoms. The van der Waals surface area contributed by atoms with Crippen molar-refractivity contribution in [3.63, 3.8) is 0 Å². The van der Waals surface area contributed by atoms with E-state index in [0.29, 0.717) is 0 Å². The quantitative estimate of drug-likeness (QED) is 0.793.